The lowest BCUT2D eigenvalue weighted by molar-refractivity contribution is -0.128. The highest BCUT2D eigenvalue weighted by Crippen LogP contribution is 2.39. The average molecular weight is 339 g/mol. The number of benzene rings is 2. The first-order chi connectivity index (χ1) is 11.8. The van der Waals surface area contributed by atoms with Crippen molar-refractivity contribution < 1.29 is 14.3 Å². The van der Waals surface area contributed by atoms with Crippen LogP contribution in [0.2, 0.25) is 0 Å². The largest absolute Gasteiger partial charge is 0.487 e. The zero-order chi connectivity index (χ0) is 18.0. The van der Waals surface area contributed by atoms with E-state index in [1.165, 1.54) is 0 Å². The molecule has 1 aliphatic rings. The molecule has 25 heavy (non-hydrogen) atoms. The number of rotatable bonds is 4. The normalized spacial score (nSPS) is 19.3. The summed E-state index contributed by atoms with van der Waals surface area (Å²) in [4.78, 5) is 12.6. The lowest BCUT2D eigenvalue weighted by Gasteiger charge is -2.38. The van der Waals surface area contributed by atoms with Gasteiger partial charge >= 0.3 is 0 Å². The second kappa shape index (κ2) is 6.79. The lowest BCUT2D eigenvalue weighted by atomic mass is 9.89. The molecule has 2 atom stereocenters. The fraction of sp³-hybridized carbons (Fsp3) is 0.381. The lowest BCUT2D eigenvalue weighted by Crippen LogP contribution is -2.44. The number of fused-ring (bicyclic) bond motifs is 1. The highest BCUT2D eigenvalue weighted by molar-refractivity contribution is 5.81. The highest BCUT2D eigenvalue weighted by Gasteiger charge is 2.35. The summed E-state index contributed by atoms with van der Waals surface area (Å²) >= 11 is 0. The number of amides is 1. The molecule has 4 nitrogen and oxygen atoms in total. The van der Waals surface area contributed by atoms with E-state index in [-0.39, 0.29) is 17.6 Å². The van der Waals surface area contributed by atoms with E-state index in [9.17, 15) is 4.79 Å². The number of carbonyl (C=O) groups excluding carboxylic acids is 1. The third-order valence-corrected chi connectivity index (χ3v) is 4.36. The Morgan fingerprint density at radius 3 is 2.68 bits per heavy atom. The number of hydrogen-bond acceptors (Lipinski definition) is 3. The van der Waals surface area contributed by atoms with Crippen molar-refractivity contribution in [1.82, 2.24) is 5.32 Å². The van der Waals surface area contributed by atoms with Crippen LogP contribution in [0.4, 0.5) is 0 Å². The van der Waals surface area contributed by atoms with Gasteiger partial charge in [0.05, 0.1) is 6.04 Å². The molecule has 0 fully saturated rings. The first-order valence-electron chi connectivity index (χ1n) is 8.66. The van der Waals surface area contributed by atoms with Gasteiger partial charge in [-0.15, -0.1) is 0 Å². The molecule has 4 heteroatoms. The van der Waals surface area contributed by atoms with Gasteiger partial charge in [-0.25, -0.2) is 0 Å². The van der Waals surface area contributed by atoms with Gasteiger partial charge in [0.15, 0.2) is 6.10 Å². The maximum absolute atomic E-state index is 12.6. The molecule has 0 saturated carbocycles. The predicted molar refractivity (Wildman–Crippen MR) is 97.9 cm³/mol. The minimum atomic E-state index is -0.568. The third kappa shape index (κ3) is 4.13. The molecule has 1 amide bonds. The van der Waals surface area contributed by atoms with E-state index in [4.69, 9.17) is 9.47 Å². The fourth-order valence-corrected chi connectivity index (χ4v) is 3.15. The smallest absolute Gasteiger partial charge is 0.261 e. The van der Waals surface area contributed by atoms with Crippen molar-refractivity contribution in [2.24, 2.45) is 0 Å². The molecule has 0 bridgehead atoms. The number of aryl methyl sites for hydroxylation is 1. The quantitative estimate of drug-likeness (QED) is 0.909. The molecule has 1 N–H and O–H groups in total. The van der Waals surface area contributed by atoms with Gasteiger partial charge in [0.1, 0.15) is 17.1 Å². The van der Waals surface area contributed by atoms with Crippen molar-refractivity contribution in [1.29, 1.82) is 0 Å². The number of nitrogens with one attached hydrogen (secondary N) is 1. The van der Waals surface area contributed by atoms with Crippen molar-refractivity contribution in [3.63, 3.8) is 0 Å². The van der Waals surface area contributed by atoms with Gasteiger partial charge in [-0.2, -0.15) is 0 Å². The first-order valence-corrected chi connectivity index (χ1v) is 8.66. The molecule has 1 heterocycles. The van der Waals surface area contributed by atoms with Crippen LogP contribution >= 0.6 is 0 Å². The van der Waals surface area contributed by atoms with E-state index in [0.29, 0.717) is 12.2 Å². The molecule has 3 rings (SSSR count). The van der Waals surface area contributed by atoms with E-state index in [2.05, 4.69) is 11.4 Å². The molecule has 2 aromatic carbocycles. The number of para-hydroxylation sites is 1. The van der Waals surface area contributed by atoms with Gasteiger partial charge in [0, 0.05) is 12.0 Å². The van der Waals surface area contributed by atoms with Crippen molar-refractivity contribution in [3.8, 4) is 11.5 Å². The first kappa shape index (κ1) is 17.3. The molecule has 2 aromatic rings. The molecule has 0 spiro atoms. The Morgan fingerprint density at radius 2 is 1.96 bits per heavy atom. The fourth-order valence-electron chi connectivity index (χ4n) is 3.15. The van der Waals surface area contributed by atoms with E-state index in [1.54, 1.807) is 6.92 Å². The summed E-state index contributed by atoms with van der Waals surface area (Å²) in [7, 11) is 0. The van der Waals surface area contributed by atoms with Crippen molar-refractivity contribution in [2.45, 2.75) is 51.9 Å². The predicted octanol–water partition coefficient (Wildman–Crippen LogP) is 4.18. The second-order valence-corrected chi connectivity index (χ2v) is 7.24. The van der Waals surface area contributed by atoms with Crippen LogP contribution in [-0.2, 0) is 4.79 Å². The zero-order valence-corrected chi connectivity index (χ0v) is 15.2. The summed E-state index contributed by atoms with van der Waals surface area (Å²) in [6, 6.07) is 15.4. The molecular weight excluding hydrogens is 314 g/mol. The van der Waals surface area contributed by atoms with Gasteiger partial charge in [0.25, 0.3) is 5.91 Å². The molecule has 132 valence electrons. The van der Waals surface area contributed by atoms with Gasteiger partial charge in [0.2, 0.25) is 0 Å². The van der Waals surface area contributed by atoms with E-state index in [0.717, 1.165) is 16.9 Å². The molecule has 0 radical (unpaired) electrons. The van der Waals surface area contributed by atoms with Crippen molar-refractivity contribution in [2.75, 3.05) is 0 Å². The second-order valence-electron chi connectivity index (χ2n) is 7.24. The minimum Gasteiger partial charge on any atom is -0.487 e. The van der Waals surface area contributed by atoms with E-state index < -0.39 is 6.10 Å². The average Bonchev–Trinajstić information content (AvgIpc) is 2.55. The molecule has 0 saturated heterocycles. The van der Waals surface area contributed by atoms with Crippen LogP contribution in [-0.4, -0.2) is 17.6 Å². The topological polar surface area (TPSA) is 47.6 Å². The van der Waals surface area contributed by atoms with E-state index in [1.807, 2.05) is 63.2 Å². The minimum absolute atomic E-state index is 0.0898. The number of carbonyl (C=O) groups is 1. The van der Waals surface area contributed by atoms with Gasteiger partial charge in [-0.05, 0) is 45.9 Å². The summed E-state index contributed by atoms with van der Waals surface area (Å²) in [5.74, 6) is 1.40. The number of ether oxygens (including phenoxy) is 2. The van der Waals surface area contributed by atoms with Gasteiger partial charge in [-0.1, -0.05) is 35.9 Å². The van der Waals surface area contributed by atoms with Crippen molar-refractivity contribution in [3.05, 3.63) is 59.7 Å². The molecule has 1 aliphatic heterocycles. The van der Waals surface area contributed by atoms with Crippen LogP contribution in [0.5, 0.6) is 11.5 Å². The monoisotopic (exact) mass is 339 g/mol. The standard InChI is InChI=1S/C21H25NO3/c1-14-10-11-19-17(12-14)18(13-21(3,4)25-19)22-20(23)15(2)24-16-8-6-5-7-9-16/h5-12,15,18H,13H2,1-4H3,(H,22,23)/t15-,18+/m0/s1. The van der Waals surface area contributed by atoms with Crippen LogP contribution in [0, 0.1) is 6.92 Å². The van der Waals surface area contributed by atoms with Crippen LogP contribution in [0.3, 0.4) is 0 Å². The summed E-state index contributed by atoms with van der Waals surface area (Å²) < 4.78 is 11.8. The summed E-state index contributed by atoms with van der Waals surface area (Å²) in [5.41, 5.74) is 1.85. The Kier molecular flexibility index (Phi) is 4.71. The summed E-state index contributed by atoms with van der Waals surface area (Å²) in [6.07, 6.45) is 0.148. The Bertz CT molecular complexity index is 755. The summed E-state index contributed by atoms with van der Waals surface area (Å²) in [6.45, 7) is 7.89. The van der Waals surface area contributed by atoms with Crippen molar-refractivity contribution >= 4 is 5.91 Å². The third-order valence-electron chi connectivity index (χ3n) is 4.36. The van der Waals surface area contributed by atoms with Crippen LogP contribution < -0.4 is 14.8 Å². The number of hydrogen-bond donors (Lipinski definition) is 1. The maximum Gasteiger partial charge on any atom is 0.261 e. The Balaban J connectivity index is 1.75. The van der Waals surface area contributed by atoms with Crippen LogP contribution in [0.15, 0.2) is 48.5 Å². The Morgan fingerprint density at radius 1 is 1.24 bits per heavy atom. The molecule has 0 aliphatic carbocycles. The highest BCUT2D eigenvalue weighted by atomic mass is 16.5. The van der Waals surface area contributed by atoms with Crippen LogP contribution in [0.1, 0.15) is 44.4 Å². The Hall–Kier alpha value is -2.49. The van der Waals surface area contributed by atoms with Crippen LogP contribution in [0.25, 0.3) is 0 Å². The van der Waals surface area contributed by atoms with Gasteiger partial charge in [-0.3, -0.25) is 4.79 Å². The Labute approximate surface area is 149 Å². The van der Waals surface area contributed by atoms with E-state index >= 15 is 0 Å². The zero-order valence-electron chi connectivity index (χ0n) is 15.2. The van der Waals surface area contributed by atoms with Gasteiger partial charge < -0.3 is 14.8 Å². The summed E-state index contributed by atoms with van der Waals surface area (Å²) in [5, 5.41) is 3.13. The molecule has 0 unspecified atom stereocenters. The molecular formula is C21H25NO3. The molecule has 0 aromatic heterocycles. The SMILES string of the molecule is Cc1ccc2c(c1)[C@H](NC(=O)[C@H](C)Oc1ccccc1)CC(C)(C)O2. The maximum atomic E-state index is 12.6.